The first kappa shape index (κ1) is 19.0. The molecule has 0 aliphatic carbocycles. The first-order chi connectivity index (χ1) is 11.1. The summed E-state index contributed by atoms with van der Waals surface area (Å²) in [6, 6.07) is 7.34. The van der Waals surface area contributed by atoms with Gasteiger partial charge in [0.2, 0.25) is 0 Å². The second kappa shape index (κ2) is 10.6. The molecule has 0 aliphatic rings. The molecular weight excluding hydrogens is 296 g/mol. The maximum Gasteiger partial charge on any atom is 0.320 e. The van der Waals surface area contributed by atoms with E-state index in [1.807, 2.05) is 45.0 Å². The molecule has 0 saturated heterocycles. The summed E-state index contributed by atoms with van der Waals surface area (Å²) < 4.78 is 15.6. The van der Waals surface area contributed by atoms with Crippen LogP contribution in [-0.2, 0) is 25.5 Å². The average molecular weight is 322 g/mol. The first-order valence-corrected chi connectivity index (χ1v) is 8.17. The summed E-state index contributed by atoms with van der Waals surface area (Å²) in [5, 5.41) is 0. The predicted octanol–water partition coefficient (Wildman–Crippen LogP) is 3.15. The molecule has 1 aromatic carbocycles. The van der Waals surface area contributed by atoms with Crippen LogP contribution in [0.2, 0.25) is 0 Å². The van der Waals surface area contributed by atoms with Gasteiger partial charge in [-0.15, -0.1) is 0 Å². The van der Waals surface area contributed by atoms with Gasteiger partial charge in [0, 0.05) is 0 Å². The maximum atomic E-state index is 12.1. The molecule has 0 aromatic heterocycles. The number of hydrogen-bond donors (Lipinski definition) is 0. The summed E-state index contributed by atoms with van der Waals surface area (Å²) in [4.78, 5) is 24.3. The van der Waals surface area contributed by atoms with Crippen LogP contribution in [0.5, 0.6) is 5.75 Å². The Hall–Kier alpha value is -2.04. The van der Waals surface area contributed by atoms with Gasteiger partial charge < -0.3 is 14.2 Å². The standard InChI is InChI=1S/C18H26O5/c1-4-11-22-17(19)16(18(20)23-12-5-2)13-14-7-9-15(10-8-14)21-6-3/h7-10,16H,4-6,11-13H2,1-3H3. The number of esters is 2. The van der Waals surface area contributed by atoms with Gasteiger partial charge in [0.25, 0.3) is 0 Å². The molecule has 0 fully saturated rings. The molecule has 0 heterocycles. The first-order valence-electron chi connectivity index (χ1n) is 8.17. The summed E-state index contributed by atoms with van der Waals surface area (Å²) in [7, 11) is 0. The van der Waals surface area contributed by atoms with Crippen molar-refractivity contribution in [3.05, 3.63) is 29.8 Å². The second-order valence-corrected chi connectivity index (χ2v) is 5.17. The maximum absolute atomic E-state index is 12.1. The van der Waals surface area contributed by atoms with Crippen molar-refractivity contribution in [1.29, 1.82) is 0 Å². The Morgan fingerprint density at radius 1 is 0.913 bits per heavy atom. The number of benzene rings is 1. The van der Waals surface area contributed by atoms with Crippen molar-refractivity contribution in [3.8, 4) is 5.75 Å². The Morgan fingerprint density at radius 3 is 1.87 bits per heavy atom. The van der Waals surface area contributed by atoms with E-state index in [9.17, 15) is 9.59 Å². The Bertz CT molecular complexity index is 461. The van der Waals surface area contributed by atoms with Gasteiger partial charge in [-0.1, -0.05) is 26.0 Å². The number of hydrogen-bond acceptors (Lipinski definition) is 5. The zero-order valence-corrected chi connectivity index (χ0v) is 14.2. The van der Waals surface area contributed by atoms with Gasteiger partial charge in [-0.05, 0) is 43.9 Å². The lowest BCUT2D eigenvalue weighted by atomic mass is 9.99. The Morgan fingerprint density at radius 2 is 1.43 bits per heavy atom. The molecule has 0 amide bonds. The monoisotopic (exact) mass is 322 g/mol. The highest BCUT2D eigenvalue weighted by Gasteiger charge is 2.30. The van der Waals surface area contributed by atoms with E-state index in [0.29, 0.717) is 32.7 Å². The van der Waals surface area contributed by atoms with Crippen LogP contribution in [0.25, 0.3) is 0 Å². The molecule has 23 heavy (non-hydrogen) atoms. The largest absolute Gasteiger partial charge is 0.494 e. The van der Waals surface area contributed by atoms with Gasteiger partial charge in [-0.2, -0.15) is 0 Å². The fraction of sp³-hybridized carbons (Fsp3) is 0.556. The molecule has 5 heteroatoms. The van der Waals surface area contributed by atoms with Gasteiger partial charge >= 0.3 is 11.9 Å². The highest BCUT2D eigenvalue weighted by molar-refractivity contribution is 5.95. The van der Waals surface area contributed by atoms with Crippen molar-refractivity contribution in [2.75, 3.05) is 19.8 Å². The van der Waals surface area contributed by atoms with Crippen molar-refractivity contribution in [2.45, 2.75) is 40.0 Å². The van der Waals surface area contributed by atoms with E-state index in [1.54, 1.807) is 0 Å². The average Bonchev–Trinajstić information content (AvgIpc) is 2.57. The van der Waals surface area contributed by atoms with Crippen LogP contribution in [0.3, 0.4) is 0 Å². The molecule has 0 unspecified atom stereocenters. The lowest BCUT2D eigenvalue weighted by molar-refractivity contribution is -0.162. The van der Waals surface area contributed by atoms with E-state index in [2.05, 4.69) is 0 Å². The number of rotatable bonds is 10. The molecule has 5 nitrogen and oxygen atoms in total. The smallest absolute Gasteiger partial charge is 0.320 e. The molecular formula is C18H26O5. The fourth-order valence-electron chi connectivity index (χ4n) is 1.99. The number of ether oxygens (including phenoxy) is 3. The molecule has 0 N–H and O–H groups in total. The van der Waals surface area contributed by atoms with E-state index in [0.717, 1.165) is 11.3 Å². The molecule has 0 radical (unpaired) electrons. The normalized spacial score (nSPS) is 10.4. The SMILES string of the molecule is CCCOC(=O)C(Cc1ccc(OCC)cc1)C(=O)OCCC. The van der Waals surface area contributed by atoms with Crippen LogP contribution < -0.4 is 4.74 Å². The van der Waals surface area contributed by atoms with Crippen LogP contribution in [0, 0.1) is 5.92 Å². The van der Waals surface area contributed by atoms with Crippen LogP contribution in [-0.4, -0.2) is 31.8 Å². The third kappa shape index (κ3) is 6.72. The third-order valence-electron chi connectivity index (χ3n) is 3.14. The third-order valence-corrected chi connectivity index (χ3v) is 3.14. The van der Waals surface area contributed by atoms with Crippen molar-refractivity contribution < 1.29 is 23.8 Å². The van der Waals surface area contributed by atoms with Crippen LogP contribution in [0.1, 0.15) is 39.2 Å². The summed E-state index contributed by atoms with van der Waals surface area (Å²) in [5.41, 5.74) is 0.861. The van der Waals surface area contributed by atoms with Crippen molar-refractivity contribution in [3.63, 3.8) is 0 Å². The lowest BCUT2D eigenvalue weighted by Gasteiger charge is -2.15. The molecule has 128 valence electrons. The Balaban J connectivity index is 2.77. The fourth-order valence-corrected chi connectivity index (χ4v) is 1.99. The second-order valence-electron chi connectivity index (χ2n) is 5.17. The van der Waals surface area contributed by atoms with E-state index in [-0.39, 0.29) is 6.42 Å². The molecule has 0 bridgehead atoms. The van der Waals surface area contributed by atoms with Gasteiger partial charge in [0.05, 0.1) is 19.8 Å². The van der Waals surface area contributed by atoms with E-state index in [1.165, 1.54) is 0 Å². The van der Waals surface area contributed by atoms with Crippen molar-refractivity contribution in [2.24, 2.45) is 5.92 Å². The molecule has 1 rings (SSSR count). The van der Waals surface area contributed by atoms with Gasteiger partial charge in [0.1, 0.15) is 5.75 Å². The Kier molecular flexibility index (Phi) is 8.80. The summed E-state index contributed by atoms with van der Waals surface area (Å²) >= 11 is 0. The minimum Gasteiger partial charge on any atom is -0.494 e. The van der Waals surface area contributed by atoms with Gasteiger partial charge in [-0.3, -0.25) is 9.59 Å². The minimum absolute atomic E-state index is 0.261. The lowest BCUT2D eigenvalue weighted by Crippen LogP contribution is -2.30. The van der Waals surface area contributed by atoms with E-state index >= 15 is 0 Å². The highest BCUT2D eigenvalue weighted by Crippen LogP contribution is 2.17. The summed E-state index contributed by atoms with van der Waals surface area (Å²) in [6.07, 6.45) is 1.69. The molecule has 0 atom stereocenters. The zero-order valence-electron chi connectivity index (χ0n) is 14.2. The van der Waals surface area contributed by atoms with Crippen LogP contribution in [0.4, 0.5) is 0 Å². The summed E-state index contributed by atoms with van der Waals surface area (Å²) in [6.45, 7) is 6.93. The molecule has 0 aliphatic heterocycles. The van der Waals surface area contributed by atoms with Crippen molar-refractivity contribution in [1.82, 2.24) is 0 Å². The Labute approximate surface area is 137 Å². The minimum atomic E-state index is -0.925. The number of carbonyl (C=O) groups excluding carboxylic acids is 2. The van der Waals surface area contributed by atoms with Crippen LogP contribution in [0.15, 0.2) is 24.3 Å². The topological polar surface area (TPSA) is 61.8 Å². The van der Waals surface area contributed by atoms with Gasteiger partial charge in [0.15, 0.2) is 5.92 Å². The predicted molar refractivity (Wildman–Crippen MR) is 87.3 cm³/mol. The van der Waals surface area contributed by atoms with Crippen LogP contribution >= 0.6 is 0 Å². The molecule has 0 saturated carbocycles. The van der Waals surface area contributed by atoms with Gasteiger partial charge in [-0.25, -0.2) is 0 Å². The number of carbonyl (C=O) groups is 2. The van der Waals surface area contributed by atoms with Crippen molar-refractivity contribution >= 4 is 11.9 Å². The quantitative estimate of drug-likeness (QED) is 0.489. The highest BCUT2D eigenvalue weighted by atomic mass is 16.6. The zero-order chi connectivity index (χ0) is 17.1. The molecule has 0 spiro atoms. The molecule has 1 aromatic rings. The van der Waals surface area contributed by atoms with E-state index in [4.69, 9.17) is 14.2 Å². The summed E-state index contributed by atoms with van der Waals surface area (Å²) in [5.74, 6) is -1.22. The van der Waals surface area contributed by atoms with E-state index < -0.39 is 17.9 Å².